The van der Waals surface area contributed by atoms with E-state index in [-0.39, 0.29) is 40.3 Å². The van der Waals surface area contributed by atoms with Crippen molar-refractivity contribution in [3.05, 3.63) is 35.7 Å². The van der Waals surface area contributed by atoms with Gasteiger partial charge in [-0.3, -0.25) is 9.88 Å². The molecule has 2 bridgehead atoms. The van der Waals surface area contributed by atoms with E-state index in [1.165, 1.54) is 25.4 Å². The van der Waals surface area contributed by atoms with Gasteiger partial charge in [-0.1, -0.05) is 0 Å². The number of carbonyl (C=O) groups is 1. The molecule has 1 aliphatic carbocycles. The zero-order valence-corrected chi connectivity index (χ0v) is 32.6. The number of aliphatic hydroxyl groups is 1. The SMILES string of the molecule is Cc1cc2c(cnn2C2CCCCO2)c(-c2nccc3c2sc2nc(OC[C@]4(CO)CC4(F)F)nc(N4CC5CCC(C4)N5C(=O)OC(C)(C)C)c23)c1C(F)(F)F. The number of rotatable bonds is 7. The van der Waals surface area contributed by atoms with E-state index in [9.17, 15) is 18.7 Å². The molecule has 1 aromatic carbocycles. The van der Waals surface area contributed by atoms with Crippen LogP contribution in [0.1, 0.15) is 76.7 Å². The first-order valence-electron chi connectivity index (χ1n) is 19.2. The molecular weight excluding hydrogens is 774 g/mol. The molecule has 0 radical (unpaired) electrons. The van der Waals surface area contributed by atoms with Crippen LogP contribution in [0.5, 0.6) is 6.01 Å². The fourth-order valence-electron chi connectivity index (χ4n) is 8.76. The van der Waals surface area contributed by atoms with Gasteiger partial charge in [0.25, 0.3) is 5.92 Å². The van der Waals surface area contributed by atoms with Gasteiger partial charge in [-0.05, 0) is 77.5 Å². The fraction of sp³-hybridized carbons (Fsp3) is 0.564. The highest BCUT2D eigenvalue weighted by Crippen LogP contribution is 2.60. The molecule has 5 aromatic rings. The van der Waals surface area contributed by atoms with E-state index in [0.717, 1.165) is 24.2 Å². The van der Waals surface area contributed by atoms with Gasteiger partial charge in [0.15, 0.2) is 6.23 Å². The molecule has 3 unspecified atom stereocenters. The molecule has 7 heterocycles. The van der Waals surface area contributed by atoms with Crippen molar-refractivity contribution in [2.75, 3.05) is 37.8 Å². The monoisotopic (exact) mass is 815 g/mol. The van der Waals surface area contributed by atoms with Crippen LogP contribution in [-0.4, -0.2) is 97.3 Å². The van der Waals surface area contributed by atoms with Crippen LogP contribution >= 0.6 is 11.3 Å². The number of ether oxygens (including phenoxy) is 3. The Morgan fingerprint density at radius 1 is 1.09 bits per heavy atom. The molecule has 4 aliphatic rings. The second kappa shape index (κ2) is 13.3. The van der Waals surface area contributed by atoms with Gasteiger partial charge in [-0.15, -0.1) is 11.3 Å². The molecule has 3 saturated heterocycles. The Kier molecular flexibility index (Phi) is 8.90. The van der Waals surface area contributed by atoms with Gasteiger partial charge < -0.3 is 24.2 Å². The number of halogens is 5. The maximum atomic E-state index is 15.1. The number of hydrogen-bond acceptors (Lipinski definition) is 11. The van der Waals surface area contributed by atoms with Gasteiger partial charge in [0.05, 0.1) is 57.2 Å². The van der Waals surface area contributed by atoms with Crippen LogP contribution in [0, 0.1) is 12.3 Å². The van der Waals surface area contributed by atoms with Crippen molar-refractivity contribution in [1.29, 1.82) is 0 Å². The Hall–Kier alpha value is -4.42. The normalized spacial score (nSPS) is 24.8. The molecule has 304 valence electrons. The van der Waals surface area contributed by atoms with Crippen molar-refractivity contribution in [2.45, 2.75) is 102 Å². The third kappa shape index (κ3) is 6.42. The first-order valence-corrected chi connectivity index (χ1v) is 20.0. The number of aliphatic hydroxyl groups excluding tert-OH is 1. The maximum Gasteiger partial charge on any atom is 0.417 e. The average molecular weight is 816 g/mol. The number of benzene rings is 1. The highest BCUT2D eigenvalue weighted by molar-refractivity contribution is 7.26. The number of carbonyl (C=O) groups excluding carboxylic acids is 1. The lowest BCUT2D eigenvalue weighted by atomic mass is 9.94. The quantitative estimate of drug-likeness (QED) is 0.161. The van der Waals surface area contributed by atoms with Crippen molar-refractivity contribution in [3.8, 4) is 17.3 Å². The Bertz CT molecular complexity index is 2390. The van der Waals surface area contributed by atoms with Gasteiger partial charge in [0.2, 0.25) is 0 Å². The van der Waals surface area contributed by atoms with Crippen LogP contribution in [0.2, 0.25) is 0 Å². The predicted octanol–water partition coefficient (Wildman–Crippen LogP) is 8.27. The average Bonchev–Trinajstić information content (AvgIpc) is 3.49. The van der Waals surface area contributed by atoms with Crippen molar-refractivity contribution in [1.82, 2.24) is 29.6 Å². The van der Waals surface area contributed by atoms with Crippen molar-refractivity contribution < 1.29 is 46.1 Å². The number of aromatic nitrogens is 5. The van der Waals surface area contributed by atoms with Crippen LogP contribution in [0.25, 0.3) is 42.5 Å². The van der Waals surface area contributed by atoms with E-state index in [4.69, 9.17) is 19.2 Å². The zero-order chi connectivity index (χ0) is 40.2. The summed E-state index contributed by atoms with van der Waals surface area (Å²) in [6, 6.07) is 2.55. The molecule has 9 rings (SSSR count). The van der Waals surface area contributed by atoms with Gasteiger partial charge in [-0.2, -0.15) is 28.2 Å². The van der Waals surface area contributed by atoms with Crippen LogP contribution in [-0.2, 0) is 15.7 Å². The van der Waals surface area contributed by atoms with Crippen LogP contribution < -0.4 is 9.64 Å². The van der Waals surface area contributed by atoms with E-state index in [2.05, 4.69) is 15.1 Å². The Labute approximate surface area is 327 Å². The van der Waals surface area contributed by atoms with Crippen molar-refractivity contribution in [3.63, 3.8) is 0 Å². The molecule has 1 saturated carbocycles. The van der Waals surface area contributed by atoms with E-state index in [1.807, 2.05) is 25.7 Å². The third-order valence-corrected chi connectivity index (χ3v) is 12.7. The molecule has 1 amide bonds. The zero-order valence-electron chi connectivity index (χ0n) is 31.8. The molecular formula is C39H42F5N7O5S. The van der Waals surface area contributed by atoms with Crippen molar-refractivity contribution in [2.24, 2.45) is 5.41 Å². The summed E-state index contributed by atoms with van der Waals surface area (Å²) in [7, 11) is 0. The second-order valence-electron chi connectivity index (χ2n) is 16.7. The number of fused-ring (bicyclic) bond motifs is 6. The molecule has 57 heavy (non-hydrogen) atoms. The molecule has 18 heteroatoms. The first kappa shape index (κ1) is 38.1. The Morgan fingerprint density at radius 2 is 1.82 bits per heavy atom. The molecule has 4 atom stereocenters. The summed E-state index contributed by atoms with van der Waals surface area (Å²) >= 11 is 1.11. The minimum absolute atomic E-state index is 0.00617. The lowest BCUT2D eigenvalue weighted by Crippen LogP contribution is -2.57. The molecule has 4 aromatic heterocycles. The number of anilines is 1. The number of pyridine rings is 1. The molecule has 4 fully saturated rings. The topological polar surface area (TPSA) is 128 Å². The molecule has 12 nitrogen and oxygen atoms in total. The lowest BCUT2D eigenvalue weighted by Gasteiger charge is -2.42. The van der Waals surface area contributed by atoms with Gasteiger partial charge in [0.1, 0.15) is 22.9 Å². The standard InChI is InChI=1S/C39H42F5N7O5S/c1-20-13-25-24(14-46-51(25)26-7-5-6-12-54-26)27(29(20)39(42,43)44)30-31-23(10-11-45-30)28-32(47-34(48-33(28)57-31)55-19-37(18-52)17-38(37,40)41)49-15-21-8-9-22(16-49)50(21)35(53)56-36(2,3)4/h10-11,13-14,21-22,26,52H,5-9,12,15-19H2,1-4H3/t21?,22?,26?,37-/m1/s1. The smallest absolute Gasteiger partial charge is 0.417 e. The Morgan fingerprint density at radius 3 is 2.46 bits per heavy atom. The number of nitrogens with zero attached hydrogens (tertiary/aromatic N) is 7. The van der Waals surface area contributed by atoms with E-state index in [1.54, 1.807) is 15.6 Å². The summed E-state index contributed by atoms with van der Waals surface area (Å²) < 4.78 is 93.8. The second-order valence-corrected chi connectivity index (χ2v) is 17.7. The van der Waals surface area contributed by atoms with E-state index < -0.39 is 60.6 Å². The number of thiophene rings is 1. The first-order chi connectivity index (χ1) is 27.0. The number of aryl methyl sites for hydroxylation is 1. The lowest BCUT2D eigenvalue weighted by molar-refractivity contribution is -0.137. The van der Waals surface area contributed by atoms with Gasteiger partial charge in [0, 0.05) is 48.6 Å². The third-order valence-electron chi connectivity index (χ3n) is 11.6. The summed E-state index contributed by atoms with van der Waals surface area (Å²) in [6.45, 7) is 6.75. The van der Waals surface area contributed by atoms with Crippen molar-refractivity contribution >= 4 is 54.5 Å². The van der Waals surface area contributed by atoms with E-state index >= 15 is 13.2 Å². The van der Waals surface area contributed by atoms with Gasteiger partial charge in [-0.25, -0.2) is 18.3 Å². The number of hydrogen-bond donors (Lipinski definition) is 1. The Balaban J connectivity index is 1.20. The highest BCUT2D eigenvalue weighted by atomic mass is 32.1. The number of piperazine rings is 1. The van der Waals surface area contributed by atoms with Crippen LogP contribution in [0.3, 0.4) is 0 Å². The molecule has 1 N–H and O–H groups in total. The summed E-state index contributed by atoms with van der Waals surface area (Å²) in [5, 5.41) is 15.7. The number of amides is 1. The summed E-state index contributed by atoms with van der Waals surface area (Å²) in [5.41, 5.74) is -2.83. The summed E-state index contributed by atoms with van der Waals surface area (Å²) in [5.74, 6) is -2.72. The summed E-state index contributed by atoms with van der Waals surface area (Å²) in [6.07, 6.45) is 0.675. The van der Waals surface area contributed by atoms with Gasteiger partial charge >= 0.3 is 18.3 Å². The van der Waals surface area contributed by atoms with E-state index in [0.29, 0.717) is 70.6 Å². The molecule has 0 spiro atoms. The summed E-state index contributed by atoms with van der Waals surface area (Å²) in [4.78, 5) is 31.5. The minimum Gasteiger partial charge on any atom is -0.462 e. The highest BCUT2D eigenvalue weighted by Gasteiger charge is 2.71. The van der Waals surface area contributed by atoms with Crippen LogP contribution in [0.4, 0.5) is 32.6 Å². The molecule has 3 aliphatic heterocycles. The minimum atomic E-state index is -4.75. The fourth-order valence-corrected chi connectivity index (χ4v) is 9.91. The maximum absolute atomic E-state index is 15.1. The predicted molar refractivity (Wildman–Crippen MR) is 202 cm³/mol. The largest absolute Gasteiger partial charge is 0.462 e. The van der Waals surface area contributed by atoms with Crippen LogP contribution in [0.15, 0.2) is 24.5 Å². The number of alkyl halides is 5.